The van der Waals surface area contributed by atoms with Crippen molar-refractivity contribution in [3.63, 3.8) is 0 Å². The standard InChI is InChI=1S/C35H33F2N6O5S.HI/c1-23-6-4-5-7-32(23)43(14-15-47-25(3)44)34(45)48-22-41-20-39-42(21-41)19-35(46,29-16-28(36)12-13-30(29)37)24(2)33-40-31(18-49-33)27-10-8-26(17-38)9-11-27;/h4-13,16,18,20-21,24,46H,14-15,19,22H2,1-3H3;1H/q+1;/p-1. The molecule has 5 rings (SSSR count). The third-order valence-electron chi connectivity index (χ3n) is 7.93. The first-order valence-electron chi connectivity index (χ1n) is 15.2. The molecule has 1 N–H and O–H groups in total. The van der Waals surface area contributed by atoms with E-state index in [0.29, 0.717) is 22.0 Å². The van der Waals surface area contributed by atoms with Crippen molar-refractivity contribution in [3.8, 4) is 17.3 Å². The number of esters is 1. The Balaban J connectivity index is 0.00000562. The lowest BCUT2D eigenvalue weighted by Crippen LogP contribution is -3.00. The van der Waals surface area contributed by atoms with Crippen LogP contribution in [0.1, 0.15) is 41.5 Å². The molecule has 0 fully saturated rings. The van der Waals surface area contributed by atoms with Crippen LogP contribution in [0.5, 0.6) is 0 Å². The highest BCUT2D eigenvalue weighted by Gasteiger charge is 2.43. The molecule has 2 heterocycles. The number of nitrogens with zero attached hydrogens (tertiary/aromatic N) is 6. The van der Waals surface area contributed by atoms with Crippen LogP contribution in [0.2, 0.25) is 0 Å². The van der Waals surface area contributed by atoms with Gasteiger partial charge in [-0.3, -0.25) is 9.69 Å². The molecule has 0 aliphatic rings. The van der Waals surface area contributed by atoms with Crippen molar-refractivity contribution in [2.45, 2.75) is 45.6 Å². The van der Waals surface area contributed by atoms with Gasteiger partial charge >= 0.3 is 12.1 Å². The summed E-state index contributed by atoms with van der Waals surface area (Å²) in [4.78, 5) is 30.5. The van der Waals surface area contributed by atoms with Gasteiger partial charge < -0.3 is 38.6 Å². The molecule has 0 spiro atoms. The Kier molecular flexibility index (Phi) is 12.7. The Morgan fingerprint density at radius 3 is 2.58 bits per heavy atom. The smallest absolute Gasteiger partial charge is 0.417 e. The van der Waals surface area contributed by atoms with Gasteiger partial charge in [0.1, 0.15) is 30.4 Å². The highest BCUT2D eigenvalue weighted by atomic mass is 127. The molecule has 15 heteroatoms. The van der Waals surface area contributed by atoms with Crippen LogP contribution in [0.15, 0.2) is 84.8 Å². The Morgan fingerprint density at radius 1 is 1.14 bits per heavy atom. The molecule has 2 aromatic heterocycles. The number of hydrogen-bond donors (Lipinski definition) is 1. The van der Waals surface area contributed by atoms with Gasteiger partial charge in [-0.25, -0.2) is 23.1 Å². The molecule has 3 aromatic carbocycles. The predicted octanol–water partition coefficient (Wildman–Crippen LogP) is 2.61. The second-order valence-electron chi connectivity index (χ2n) is 11.3. The van der Waals surface area contributed by atoms with Crippen molar-refractivity contribution >= 4 is 29.1 Å². The third-order valence-corrected chi connectivity index (χ3v) is 8.96. The lowest BCUT2D eigenvalue weighted by atomic mass is 9.82. The maximum absolute atomic E-state index is 15.3. The third kappa shape index (κ3) is 8.86. The van der Waals surface area contributed by atoms with Gasteiger partial charge in [0.15, 0.2) is 0 Å². The second-order valence-corrected chi connectivity index (χ2v) is 12.2. The number of aliphatic hydroxyl groups is 1. The molecule has 2 unspecified atom stereocenters. The molecular formula is C35H33F2IN6O5S. The number of halogens is 3. The van der Waals surface area contributed by atoms with Gasteiger partial charge in [-0.1, -0.05) is 37.3 Å². The van der Waals surface area contributed by atoms with Gasteiger partial charge in [-0.15, -0.1) is 16.0 Å². The van der Waals surface area contributed by atoms with Crippen molar-refractivity contribution < 1.29 is 61.5 Å². The number of ether oxygens (including phenoxy) is 2. The van der Waals surface area contributed by atoms with Crippen molar-refractivity contribution in [2.24, 2.45) is 0 Å². The van der Waals surface area contributed by atoms with Crippen LogP contribution in [0.4, 0.5) is 19.3 Å². The van der Waals surface area contributed by atoms with E-state index in [4.69, 9.17) is 14.7 Å². The van der Waals surface area contributed by atoms with E-state index in [2.05, 4.69) is 16.2 Å². The summed E-state index contributed by atoms with van der Waals surface area (Å²) >= 11 is 1.25. The zero-order chi connectivity index (χ0) is 35.1. The first kappa shape index (κ1) is 38.0. The van der Waals surface area contributed by atoms with Crippen LogP contribution in [0.3, 0.4) is 0 Å². The van der Waals surface area contributed by atoms with E-state index in [0.717, 1.165) is 29.3 Å². The van der Waals surface area contributed by atoms with Crippen molar-refractivity contribution in [1.29, 1.82) is 5.26 Å². The van der Waals surface area contributed by atoms with Gasteiger partial charge in [0.25, 0.3) is 6.33 Å². The summed E-state index contributed by atoms with van der Waals surface area (Å²) in [7, 11) is 0. The van der Waals surface area contributed by atoms with E-state index in [-0.39, 0.29) is 56.0 Å². The zero-order valence-electron chi connectivity index (χ0n) is 27.3. The van der Waals surface area contributed by atoms with E-state index in [9.17, 15) is 19.1 Å². The monoisotopic (exact) mass is 814 g/mol. The molecule has 2 atom stereocenters. The number of aryl methyl sites for hydroxylation is 1. The van der Waals surface area contributed by atoms with Crippen LogP contribution in [-0.2, 0) is 33.1 Å². The summed E-state index contributed by atoms with van der Waals surface area (Å²) in [5.41, 5.74) is 0.952. The molecule has 1 amide bonds. The van der Waals surface area contributed by atoms with Gasteiger partial charge in [-0.2, -0.15) is 5.26 Å². The fraction of sp³-hybridized carbons (Fsp3) is 0.257. The van der Waals surface area contributed by atoms with E-state index < -0.39 is 35.2 Å². The highest BCUT2D eigenvalue weighted by molar-refractivity contribution is 7.10. The molecule has 0 aliphatic carbocycles. The number of para-hydroxylation sites is 1. The fourth-order valence-electron chi connectivity index (χ4n) is 5.25. The van der Waals surface area contributed by atoms with E-state index in [1.165, 1.54) is 45.1 Å². The van der Waals surface area contributed by atoms with Crippen LogP contribution in [0.25, 0.3) is 11.3 Å². The Morgan fingerprint density at radius 2 is 1.88 bits per heavy atom. The molecule has 0 saturated heterocycles. The fourth-order valence-corrected chi connectivity index (χ4v) is 6.22. The number of rotatable bonds is 12. The number of thiazole rings is 1. The first-order valence-corrected chi connectivity index (χ1v) is 16.0. The lowest BCUT2D eigenvalue weighted by Gasteiger charge is -2.32. The zero-order valence-corrected chi connectivity index (χ0v) is 30.3. The van der Waals surface area contributed by atoms with Crippen molar-refractivity contribution in [3.05, 3.63) is 118 Å². The molecule has 0 radical (unpaired) electrons. The van der Waals surface area contributed by atoms with Gasteiger partial charge in [0.2, 0.25) is 13.1 Å². The van der Waals surface area contributed by atoms with Crippen LogP contribution < -0.4 is 33.4 Å². The minimum absolute atomic E-state index is 0. The van der Waals surface area contributed by atoms with E-state index in [1.54, 1.807) is 48.7 Å². The first-order chi connectivity index (χ1) is 23.5. The predicted molar refractivity (Wildman–Crippen MR) is 175 cm³/mol. The second kappa shape index (κ2) is 16.7. The molecule has 50 heavy (non-hydrogen) atoms. The number of hydrogen-bond acceptors (Lipinski definition) is 9. The summed E-state index contributed by atoms with van der Waals surface area (Å²) in [6.07, 6.45) is 2.13. The minimum atomic E-state index is -2.02. The average Bonchev–Trinajstić information content (AvgIpc) is 3.77. The van der Waals surface area contributed by atoms with Crippen molar-refractivity contribution in [1.82, 2.24) is 14.8 Å². The number of aromatic nitrogens is 4. The summed E-state index contributed by atoms with van der Waals surface area (Å²) < 4.78 is 43.1. The summed E-state index contributed by atoms with van der Waals surface area (Å²) in [5, 5.41) is 27.9. The largest absolute Gasteiger partial charge is 1.00 e. The van der Waals surface area contributed by atoms with Gasteiger partial charge in [0, 0.05) is 34.4 Å². The Hall–Kier alpha value is -4.79. The topological polar surface area (TPSA) is 134 Å². The Labute approximate surface area is 308 Å². The molecule has 5 aromatic rings. The number of carbonyl (C=O) groups excluding carboxylic acids is 2. The molecule has 0 saturated carbocycles. The molecule has 260 valence electrons. The number of nitriles is 1. The maximum atomic E-state index is 15.3. The Bertz CT molecular complexity index is 2000. The normalized spacial score (nSPS) is 12.6. The SMILES string of the molecule is CC(=O)OCCN(C(=O)OC[n+]1cnn(CC(O)(c2cc(F)ccc2F)C(C)c2nc(-c3ccc(C#N)cc3)cs2)c1)c1ccccc1C.[I-]. The maximum Gasteiger partial charge on any atom is 0.417 e. The number of benzene rings is 3. The van der Waals surface area contributed by atoms with Gasteiger partial charge in [-0.05, 0) is 48.9 Å². The highest BCUT2D eigenvalue weighted by Crippen LogP contribution is 2.41. The van der Waals surface area contributed by atoms with Crippen molar-refractivity contribution in [2.75, 3.05) is 18.1 Å². The van der Waals surface area contributed by atoms with Crippen LogP contribution in [-0.4, -0.2) is 45.1 Å². The van der Waals surface area contributed by atoms with E-state index in [1.807, 2.05) is 19.1 Å². The lowest BCUT2D eigenvalue weighted by molar-refractivity contribution is -0.727. The van der Waals surface area contributed by atoms with E-state index >= 15 is 4.39 Å². The molecule has 11 nitrogen and oxygen atoms in total. The molecule has 0 aliphatic heterocycles. The summed E-state index contributed by atoms with van der Waals surface area (Å²) in [6, 6.07) is 19.0. The quantitative estimate of drug-likeness (QED) is 0.116. The molecular weight excluding hydrogens is 781 g/mol. The number of amides is 1. The van der Waals surface area contributed by atoms with Crippen LogP contribution >= 0.6 is 11.3 Å². The molecule has 0 bridgehead atoms. The number of anilines is 1. The number of carbonyl (C=O) groups is 2. The van der Waals surface area contributed by atoms with Crippen LogP contribution in [0, 0.1) is 29.9 Å². The minimum Gasteiger partial charge on any atom is -1.00 e. The average molecular weight is 815 g/mol. The summed E-state index contributed by atoms with van der Waals surface area (Å²) in [5.74, 6) is -2.85. The van der Waals surface area contributed by atoms with Gasteiger partial charge in [0.05, 0.1) is 34.6 Å². The summed E-state index contributed by atoms with van der Waals surface area (Å²) in [6.45, 7) is 4.23.